The van der Waals surface area contributed by atoms with Gasteiger partial charge in [0.2, 0.25) is 5.91 Å². The zero-order chi connectivity index (χ0) is 14.1. The quantitative estimate of drug-likeness (QED) is 0.572. The van der Waals surface area contributed by atoms with Gasteiger partial charge in [-0.25, -0.2) is 4.79 Å². The molecule has 6 nitrogen and oxygen atoms in total. The zero-order valence-corrected chi connectivity index (χ0v) is 10.5. The highest BCUT2D eigenvalue weighted by molar-refractivity contribution is 5.83. The third-order valence-corrected chi connectivity index (χ3v) is 2.53. The van der Waals surface area contributed by atoms with Crippen molar-refractivity contribution < 1.29 is 19.4 Å². The Bertz CT molecular complexity index is 408. The minimum absolute atomic E-state index is 0.157. The van der Waals surface area contributed by atoms with Crippen molar-refractivity contribution in [2.75, 3.05) is 26.3 Å². The molecule has 0 fully saturated rings. The topological polar surface area (TPSA) is 102 Å². The van der Waals surface area contributed by atoms with Crippen molar-refractivity contribution in [1.82, 2.24) is 5.32 Å². The molecule has 0 saturated heterocycles. The molecule has 104 valence electrons. The maximum absolute atomic E-state index is 11.9. The average molecular weight is 266 g/mol. The molecule has 1 aromatic rings. The number of amides is 1. The molecular weight excluding hydrogens is 248 g/mol. The molecule has 0 radical (unpaired) electrons. The van der Waals surface area contributed by atoms with Gasteiger partial charge in [-0.1, -0.05) is 30.3 Å². The molecule has 0 bridgehead atoms. The van der Waals surface area contributed by atoms with E-state index in [1.54, 1.807) is 0 Å². The Morgan fingerprint density at radius 3 is 2.58 bits per heavy atom. The third kappa shape index (κ3) is 5.50. The van der Waals surface area contributed by atoms with Gasteiger partial charge in [0.25, 0.3) is 0 Å². The highest BCUT2D eigenvalue weighted by Crippen LogP contribution is 2.13. The minimum atomic E-state index is -1.03. The molecule has 1 rings (SSSR count). The standard InChI is InChI=1S/C13H18N2O4/c14-8-11(10-4-2-1-3-5-10)13(18)15-6-7-19-9-12(16)17/h1-5,11H,6-9,14H2,(H,15,18)(H,16,17). The summed E-state index contributed by atoms with van der Waals surface area (Å²) in [4.78, 5) is 22.1. The summed E-state index contributed by atoms with van der Waals surface area (Å²) in [6.45, 7) is 0.264. The Kier molecular flexibility index (Phi) is 6.56. The first-order chi connectivity index (χ1) is 9.15. The molecule has 4 N–H and O–H groups in total. The summed E-state index contributed by atoms with van der Waals surface area (Å²) >= 11 is 0. The maximum atomic E-state index is 11.9. The smallest absolute Gasteiger partial charge is 0.329 e. The summed E-state index contributed by atoms with van der Waals surface area (Å²) in [6, 6.07) is 9.26. The van der Waals surface area contributed by atoms with Crippen molar-refractivity contribution in [2.45, 2.75) is 5.92 Å². The van der Waals surface area contributed by atoms with Crippen LogP contribution in [0.1, 0.15) is 11.5 Å². The Morgan fingerprint density at radius 2 is 2.00 bits per heavy atom. The van der Waals surface area contributed by atoms with E-state index in [0.717, 1.165) is 5.56 Å². The van der Waals surface area contributed by atoms with Crippen molar-refractivity contribution in [3.8, 4) is 0 Å². The molecule has 0 aliphatic heterocycles. The lowest BCUT2D eigenvalue weighted by molar-refractivity contribution is -0.142. The lowest BCUT2D eigenvalue weighted by Gasteiger charge is -2.15. The van der Waals surface area contributed by atoms with Gasteiger partial charge in [0.15, 0.2) is 0 Å². The molecule has 0 aromatic heterocycles. The molecule has 1 aromatic carbocycles. The lowest BCUT2D eigenvalue weighted by Crippen LogP contribution is -2.35. The van der Waals surface area contributed by atoms with E-state index in [2.05, 4.69) is 5.32 Å². The molecule has 19 heavy (non-hydrogen) atoms. The number of nitrogens with two attached hydrogens (primary N) is 1. The first kappa shape index (κ1) is 15.1. The Labute approximate surface area is 111 Å². The summed E-state index contributed by atoms with van der Waals surface area (Å²) in [5, 5.41) is 11.0. The van der Waals surface area contributed by atoms with E-state index in [0.29, 0.717) is 0 Å². The summed E-state index contributed by atoms with van der Waals surface area (Å²) in [6.07, 6.45) is 0. The van der Waals surface area contributed by atoms with Crippen molar-refractivity contribution in [3.63, 3.8) is 0 Å². The van der Waals surface area contributed by atoms with E-state index < -0.39 is 11.9 Å². The fraction of sp³-hybridized carbons (Fsp3) is 0.385. The second kappa shape index (κ2) is 8.23. The first-order valence-corrected chi connectivity index (χ1v) is 5.97. The van der Waals surface area contributed by atoms with Crippen LogP contribution in [0.3, 0.4) is 0 Å². The molecule has 0 aliphatic carbocycles. The largest absolute Gasteiger partial charge is 0.480 e. The number of hydrogen-bond donors (Lipinski definition) is 3. The second-order valence-corrected chi connectivity index (χ2v) is 3.94. The molecule has 0 heterocycles. The van der Waals surface area contributed by atoms with Crippen LogP contribution < -0.4 is 11.1 Å². The highest BCUT2D eigenvalue weighted by atomic mass is 16.5. The maximum Gasteiger partial charge on any atom is 0.329 e. The van der Waals surface area contributed by atoms with Crippen LogP contribution in [0.4, 0.5) is 0 Å². The van der Waals surface area contributed by atoms with Crippen LogP contribution in [0.15, 0.2) is 30.3 Å². The number of ether oxygens (including phenoxy) is 1. The van der Waals surface area contributed by atoms with Gasteiger partial charge in [-0.2, -0.15) is 0 Å². The molecular formula is C13H18N2O4. The minimum Gasteiger partial charge on any atom is -0.480 e. The molecule has 0 saturated carbocycles. The molecule has 0 aliphatic rings. The van der Waals surface area contributed by atoms with Crippen molar-refractivity contribution in [1.29, 1.82) is 0 Å². The summed E-state index contributed by atoms with van der Waals surface area (Å²) in [7, 11) is 0. The number of carboxylic acids is 1. The Hall–Kier alpha value is -1.92. The van der Waals surface area contributed by atoms with E-state index in [4.69, 9.17) is 15.6 Å². The monoisotopic (exact) mass is 266 g/mol. The lowest BCUT2D eigenvalue weighted by atomic mass is 9.98. The van der Waals surface area contributed by atoms with Crippen LogP contribution in [-0.2, 0) is 14.3 Å². The summed E-state index contributed by atoms with van der Waals surface area (Å²) in [5.74, 6) is -1.62. The zero-order valence-electron chi connectivity index (χ0n) is 10.5. The van der Waals surface area contributed by atoms with Crippen molar-refractivity contribution >= 4 is 11.9 Å². The number of nitrogens with one attached hydrogen (secondary N) is 1. The van der Waals surface area contributed by atoms with Gasteiger partial charge in [0, 0.05) is 13.1 Å². The number of carbonyl (C=O) groups excluding carboxylic acids is 1. The summed E-state index contributed by atoms with van der Waals surface area (Å²) < 4.78 is 4.82. The summed E-state index contributed by atoms with van der Waals surface area (Å²) in [5.41, 5.74) is 6.46. The van der Waals surface area contributed by atoms with Crippen LogP contribution in [0.5, 0.6) is 0 Å². The van der Waals surface area contributed by atoms with E-state index in [-0.39, 0.29) is 32.2 Å². The number of hydrogen-bond acceptors (Lipinski definition) is 4. The predicted molar refractivity (Wildman–Crippen MR) is 69.7 cm³/mol. The van der Waals surface area contributed by atoms with E-state index in [1.165, 1.54) is 0 Å². The van der Waals surface area contributed by atoms with Gasteiger partial charge in [-0.15, -0.1) is 0 Å². The van der Waals surface area contributed by atoms with Crippen molar-refractivity contribution in [3.05, 3.63) is 35.9 Å². The third-order valence-electron chi connectivity index (χ3n) is 2.53. The molecule has 1 unspecified atom stereocenters. The van der Waals surface area contributed by atoms with Crippen LogP contribution in [0.2, 0.25) is 0 Å². The number of carboxylic acid groups (broad SMARTS) is 1. The van der Waals surface area contributed by atoms with Gasteiger partial charge >= 0.3 is 5.97 Å². The molecule has 0 spiro atoms. The van der Waals surface area contributed by atoms with Crippen LogP contribution >= 0.6 is 0 Å². The molecule has 1 amide bonds. The van der Waals surface area contributed by atoms with E-state index in [9.17, 15) is 9.59 Å². The van der Waals surface area contributed by atoms with E-state index in [1.807, 2.05) is 30.3 Å². The number of rotatable bonds is 8. The fourth-order valence-electron chi connectivity index (χ4n) is 1.61. The van der Waals surface area contributed by atoms with Gasteiger partial charge in [-0.05, 0) is 5.56 Å². The van der Waals surface area contributed by atoms with E-state index >= 15 is 0 Å². The predicted octanol–water partition coefficient (Wildman–Crippen LogP) is -0.0537. The van der Waals surface area contributed by atoms with Gasteiger partial charge in [0.1, 0.15) is 6.61 Å². The van der Waals surface area contributed by atoms with Gasteiger partial charge in [0.05, 0.1) is 12.5 Å². The fourth-order valence-corrected chi connectivity index (χ4v) is 1.61. The first-order valence-electron chi connectivity index (χ1n) is 5.97. The highest BCUT2D eigenvalue weighted by Gasteiger charge is 2.17. The van der Waals surface area contributed by atoms with Crippen molar-refractivity contribution in [2.24, 2.45) is 5.73 Å². The number of carbonyl (C=O) groups is 2. The Morgan fingerprint density at radius 1 is 1.32 bits per heavy atom. The van der Waals surface area contributed by atoms with Gasteiger partial charge in [-0.3, -0.25) is 4.79 Å². The molecule has 1 atom stereocenters. The Balaban J connectivity index is 2.37. The van der Waals surface area contributed by atoms with Crippen LogP contribution in [0, 0.1) is 0 Å². The molecule has 6 heteroatoms. The second-order valence-electron chi connectivity index (χ2n) is 3.94. The normalized spacial score (nSPS) is 11.8. The number of benzene rings is 1. The van der Waals surface area contributed by atoms with Crippen LogP contribution in [-0.4, -0.2) is 43.3 Å². The number of aliphatic carboxylic acids is 1. The van der Waals surface area contributed by atoms with Crippen LogP contribution in [0.25, 0.3) is 0 Å². The SMILES string of the molecule is NCC(C(=O)NCCOCC(=O)O)c1ccccc1. The average Bonchev–Trinajstić information content (AvgIpc) is 2.40. The van der Waals surface area contributed by atoms with Gasteiger partial charge < -0.3 is 20.9 Å².